The number of halogens is 1. The summed E-state index contributed by atoms with van der Waals surface area (Å²) < 4.78 is 20.8. The van der Waals surface area contributed by atoms with Crippen LogP contribution < -0.4 is 30.4 Å². The van der Waals surface area contributed by atoms with Crippen molar-refractivity contribution in [2.75, 3.05) is 32.8 Å². The van der Waals surface area contributed by atoms with Crippen LogP contribution >= 0.6 is 11.6 Å². The number of carbonyl (C=O) groups is 4. The van der Waals surface area contributed by atoms with Gasteiger partial charge in [-0.15, -0.1) is 0 Å². The van der Waals surface area contributed by atoms with Gasteiger partial charge in [0.05, 0.1) is 19.8 Å². The lowest BCUT2D eigenvalue weighted by Gasteiger charge is -2.12. The van der Waals surface area contributed by atoms with Crippen molar-refractivity contribution in [1.82, 2.24) is 10.9 Å². The van der Waals surface area contributed by atoms with Gasteiger partial charge in [0.25, 0.3) is 17.7 Å². The summed E-state index contributed by atoms with van der Waals surface area (Å²) in [6, 6.07) is 17.0. The summed E-state index contributed by atoms with van der Waals surface area (Å²) in [4.78, 5) is 48.5. The lowest BCUT2D eigenvalue weighted by atomic mass is 10.2. The predicted octanol–water partition coefficient (Wildman–Crippen LogP) is 2.99. The average molecular weight is 542 g/mol. The van der Waals surface area contributed by atoms with Crippen molar-refractivity contribution in [3.8, 4) is 17.2 Å². The van der Waals surface area contributed by atoms with Crippen molar-refractivity contribution in [2.45, 2.75) is 0 Å². The molecule has 11 nitrogen and oxygen atoms in total. The van der Waals surface area contributed by atoms with Gasteiger partial charge >= 0.3 is 5.97 Å². The molecule has 0 bridgehead atoms. The van der Waals surface area contributed by atoms with E-state index in [9.17, 15) is 19.2 Å². The minimum atomic E-state index is -0.814. The lowest BCUT2D eigenvalue weighted by Crippen LogP contribution is -2.43. The molecule has 3 amide bonds. The highest BCUT2D eigenvalue weighted by atomic mass is 35.5. The third kappa shape index (κ3) is 8.14. The number of hydrazine groups is 1. The second-order valence-electron chi connectivity index (χ2n) is 7.52. The van der Waals surface area contributed by atoms with E-state index in [1.165, 1.54) is 49.6 Å². The van der Waals surface area contributed by atoms with E-state index in [4.69, 9.17) is 30.5 Å². The number of carbonyl (C=O) groups excluding carboxylic acids is 4. The molecule has 0 aliphatic rings. The van der Waals surface area contributed by atoms with Crippen molar-refractivity contribution in [1.29, 1.82) is 0 Å². The molecule has 0 saturated heterocycles. The molecule has 3 aromatic rings. The van der Waals surface area contributed by atoms with Crippen molar-refractivity contribution < 1.29 is 38.1 Å². The van der Waals surface area contributed by atoms with E-state index in [2.05, 4.69) is 16.2 Å². The molecular weight excluding hydrogens is 518 g/mol. The fourth-order valence-electron chi connectivity index (χ4n) is 2.98. The number of benzene rings is 3. The molecule has 0 atom stereocenters. The third-order valence-electron chi connectivity index (χ3n) is 4.89. The van der Waals surface area contributed by atoms with Crippen molar-refractivity contribution in [3.05, 3.63) is 82.9 Å². The SMILES string of the molecule is COc1ccc(NC(=O)COc2ccc(C(=O)OCC(=O)NNC(=O)c3ccc(Cl)cc3)cc2OC)cc1. The molecule has 12 heteroatoms. The van der Waals surface area contributed by atoms with Gasteiger partial charge in [-0.25, -0.2) is 4.79 Å². The number of hydrogen-bond donors (Lipinski definition) is 3. The quantitative estimate of drug-likeness (QED) is 0.263. The van der Waals surface area contributed by atoms with Gasteiger partial charge in [0.1, 0.15) is 5.75 Å². The van der Waals surface area contributed by atoms with Crippen LogP contribution in [0.4, 0.5) is 5.69 Å². The van der Waals surface area contributed by atoms with Crippen molar-refractivity contribution >= 4 is 41.0 Å². The average Bonchev–Trinajstić information content (AvgIpc) is 2.94. The number of esters is 1. The second kappa shape index (κ2) is 13.5. The summed E-state index contributed by atoms with van der Waals surface area (Å²) in [6.45, 7) is -0.958. The molecular formula is C26H24ClN3O8. The molecule has 0 aliphatic carbocycles. The van der Waals surface area contributed by atoms with E-state index < -0.39 is 30.3 Å². The Balaban J connectivity index is 1.47. The monoisotopic (exact) mass is 541 g/mol. The number of nitrogens with one attached hydrogen (secondary N) is 3. The molecule has 0 fully saturated rings. The van der Waals surface area contributed by atoms with Gasteiger partial charge in [0.2, 0.25) is 0 Å². The maximum absolute atomic E-state index is 12.4. The number of anilines is 1. The highest BCUT2D eigenvalue weighted by Gasteiger charge is 2.16. The Morgan fingerprint density at radius 3 is 2.08 bits per heavy atom. The lowest BCUT2D eigenvalue weighted by molar-refractivity contribution is -0.125. The Morgan fingerprint density at radius 2 is 1.42 bits per heavy atom. The molecule has 0 radical (unpaired) electrons. The van der Waals surface area contributed by atoms with Gasteiger partial charge in [-0.05, 0) is 66.7 Å². The van der Waals surface area contributed by atoms with Crippen LogP contribution in [0.15, 0.2) is 66.7 Å². The summed E-state index contributed by atoms with van der Waals surface area (Å²) in [5.41, 5.74) is 5.27. The normalized spacial score (nSPS) is 10.1. The smallest absolute Gasteiger partial charge is 0.338 e. The maximum atomic E-state index is 12.4. The molecule has 3 rings (SSSR count). The summed E-state index contributed by atoms with van der Waals surface area (Å²) in [6.07, 6.45) is 0. The molecule has 0 saturated carbocycles. The molecule has 0 spiro atoms. The zero-order valence-electron chi connectivity index (χ0n) is 20.4. The number of amides is 3. The van der Waals surface area contributed by atoms with E-state index in [0.29, 0.717) is 16.5 Å². The predicted molar refractivity (Wildman–Crippen MR) is 137 cm³/mol. The first-order chi connectivity index (χ1) is 18.3. The fourth-order valence-corrected chi connectivity index (χ4v) is 3.10. The first-order valence-electron chi connectivity index (χ1n) is 11.1. The van der Waals surface area contributed by atoms with Crippen LogP contribution in [0.2, 0.25) is 5.02 Å². The molecule has 0 aliphatic heterocycles. The van der Waals surface area contributed by atoms with Gasteiger partial charge in [-0.2, -0.15) is 0 Å². The van der Waals surface area contributed by atoms with Crippen molar-refractivity contribution in [2.24, 2.45) is 0 Å². The summed E-state index contributed by atoms with van der Waals surface area (Å²) in [5.74, 6) is -1.49. The zero-order valence-corrected chi connectivity index (χ0v) is 21.2. The number of hydrogen-bond acceptors (Lipinski definition) is 8. The van der Waals surface area contributed by atoms with Crippen LogP contribution in [0.5, 0.6) is 17.2 Å². The standard InChI is InChI=1S/C26H24ClN3O8/c1-35-20-10-8-19(9-11-20)28-23(31)14-37-21-12-5-17(13-22(21)36-2)26(34)38-15-24(32)29-30-25(33)16-3-6-18(27)7-4-16/h3-13H,14-15H2,1-2H3,(H,28,31)(H,29,32)(H,30,33). The molecule has 0 unspecified atom stereocenters. The van der Waals surface area contributed by atoms with Crippen LogP contribution in [0.3, 0.4) is 0 Å². The maximum Gasteiger partial charge on any atom is 0.338 e. The van der Waals surface area contributed by atoms with Gasteiger partial charge in [0, 0.05) is 16.3 Å². The number of rotatable bonds is 10. The Labute approximate surface area is 222 Å². The van der Waals surface area contributed by atoms with E-state index in [1.54, 1.807) is 31.4 Å². The van der Waals surface area contributed by atoms with Crippen LogP contribution in [0.1, 0.15) is 20.7 Å². The van der Waals surface area contributed by atoms with Gasteiger partial charge in [-0.3, -0.25) is 25.2 Å². The zero-order chi connectivity index (χ0) is 27.5. The Bertz CT molecular complexity index is 1300. The van der Waals surface area contributed by atoms with Crippen LogP contribution in [-0.4, -0.2) is 51.1 Å². The van der Waals surface area contributed by atoms with E-state index in [-0.39, 0.29) is 29.2 Å². The van der Waals surface area contributed by atoms with Crippen LogP contribution in [-0.2, 0) is 14.3 Å². The van der Waals surface area contributed by atoms with Gasteiger partial charge in [0.15, 0.2) is 24.7 Å². The summed E-state index contributed by atoms with van der Waals surface area (Å²) >= 11 is 5.77. The van der Waals surface area contributed by atoms with Gasteiger partial charge < -0.3 is 24.3 Å². The van der Waals surface area contributed by atoms with E-state index in [0.717, 1.165) is 0 Å². The van der Waals surface area contributed by atoms with Gasteiger partial charge in [-0.1, -0.05) is 11.6 Å². The fraction of sp³-hybridized carbons (Fsp3) is 0.154. The van der Waals surface area contributed by atoms with Crippen molar-refractivity contribution in [3.63, 3.8) is 0 Å². The summed E-state index contributed by atoms with van der Waals surface area (Å²) in [5, 5.41) is 3.14. The highest BCUT2D eigenvalue weighted by Crippen LogP contribution is 2.28. The number of methoxy groups -OCH3 is 2. The molecule has 198 valence electrons. The largest absolute Gasteiger partial charge is 0.497 e. The highest BCUT2D eigenvalue weighted by molar-refractivity contribution is 6.30. The Kier molecular flexibility index (Phi) is 9.89. The minimum absolute atomic E-state index is 0.0786. The van der Waals surface area contributed by atoms with E-state index >= 15 is 0 Å². The molecule has 0 heterocycles. The first-order valence-corrected chi connectivity index (χ1v) is 11.4. The topological polar surface area (TPSA) is 141 Å². The van der Waals surface area contributed by atoms with E-state index in [1.807, 2.05) is 0 Å². The molecule has 38 heavy (non-hydrogen) atoms. The molecule has 3 N–H and O–H groups in total. The minimum Gasteiger partial charge on any atom is -0.497 e. The first kappa shape index (κ1) is 27.8. The second-order valence-corrected chi connectivity index (χ2v) is 7.95. The molecule has 3 aromatic carbocycles. The summed E-state index contributed by atoms with van der Waals surface area (Å²) in [7, 11) is 2.91. The Morgan fingerprint density at radius 1 is 0.737 bits per heavy atom. The Hall–Kier alpha value is -4.77. The van der Waals surface area contributed by atoms with Crippen LogP contribution in [0.25, 0.3) is 0 Å². The number of ether oxygens (including phenoxy) is 4. The van der Waals surface area contributed by atoms with Crippen LogP contribution in [0, 0.1) is 0 Å². The third-order valence-corrected chi connectivity index (χ3v) is 5.14. The molecule has 0 aromatic heterocycles.